The highest BCUT2D eigenvalue weighted by Crippen LogP contribution is 2.42. The van der Waals surface area contributed by atoms with E-state index in [4.69, 9.17) is 27.1 Å². The Morgan fingerprint density at radius 3 is 2.80 bits per heavy atom. The van der Waals surface area contributed by atoms with Crippen molar-refractivity contribution in [3.05, 3.63) is 29.2 Å². The molecule has 2 aromatic rings. The van der Waals surface area contributed by atoms with Gasteiger partial charge in [-0.3, -0.25) is 4.79 Å². The number of aromatic nitrogens is 3. The highest BCUT2D eigenvalue weighted by Gasteiger charge is 2.38. The molecule has 1 spiro atoms. The number of nitrogens with two attached hydrogens (primary N) is 1. The number of aliphatic hydroxyl groups excluding tert-OH is 1. The maximum absolute atomic E-state index is 11.5. The number of halogens is 1. The number of carbonyl (C=O) groups excluding carboxylic acids is 1. The average Bonchev–Trinajstić information content (AvgIpc) is 3.50. The van der Waals surface area contributed by atoms with Crippen LogP contribution in [0.4, 0.5) is 11.6 Å². The van der Waals surface area contributed by atoms with E-state index >= 15 is 0 Å². The first-order valence-electron chi connectivity index (χ1n) is 12.1. The summed E-state index contributed by atoms with van der Waals surface area (Å²) in [5.74, 6) is 1.08. The van der Waals surface area contributed by atoms with Crippen LogP contribution in [-0.2, 0) is 16.1 Å². The molecule has 3 aliphatic rings. The van der Waals surface area contributed by atoms with Crippen LogP contribution in [0.15, 0.2) is 28.4 Å². The van der Waals surface area contributed by atoms with Crippen molar-refractivity contribution < 1.29 is 14.6 Å². The van der Waals surface area contributed by atoms with E-state index in [9.17, 15) is 9.90 Å². The molecule has 9 nitrogen and oxygen atoms in total. The van der Waals surface area contributed by atoms with Crippen molar-refractivity contribution in [1.29, 1.82) is 0 Å². The van der Waals surface area contributed by atoms with Gasteiger partial charge in [0.2, 0.25) is 5.91 Å². The first kappa shape index (κ1) is 24.5. The van der Waals surface area contributed by atoms with Crippen LogP contribution in [-0.4, -0.2) is 64.9 Å². The Balaban J connectivity index is 1.32. The Bertz CT molecular complexity index is 1070. The number of rotatable bonds is 7. The second kappa shape index (κ2) is 10.5. The van der Waals surface area contributed by atoms with Crippen LogP contribution < -0.4 is 15.5 Å². The normalized spacial score (nSPS) is 21.7. The molecule has 0 saturated carbocycles. The topological polar surface area (TPSA) is 118 Å². The minimum absolute atomic E-state index is 0.0114. The number of carbonyl (C=O) groups is 1. The predicted molar refractivity (Wildman–Crippen MR) is 135 cm³/mol. The molecule has 0 radical (unpaired) electrons. The van der Waals surface area contributed by atoms with Crippen LogP contribution in [0, 0.1) is 5.41 Å². The molecule has 35 heavy (non-hydrogen) atoms. The van der Waals surface area contributed by atoms with Crippen LogP contribution in [0.5, 0.6) is 0 Å². The van der Waals surface area contributed by atoms with Gasteiger partial charge in [0.05, 0.1) is 24.4 Å². The quantitative estimate of drug-likeness (QED) is 0.570. The number of amides is 1. The SMILES string of the molecule is NC(=O)CC1CCCN1c1nccc(Sc2cnc(N3CCC4(CCOC4)CC3)c(CO)n2)c1Cl. The molecular formula is C24H31ClN6O3S. The zero-order valence-corrected chi connectivity index (χ0v) is 21.2. The summed E-state index contributed by atoms with van der Waals surface area (Å²) in [6.45, 7) is 4.09. The summed E-state index contributed by atoms with van der Waals surface area (Å²) in [6, 6.07) is 1.86. The fourth-order valence-electron chi connectivity index (χ4n) is 5.43. The lowest BCUT2D eigenvalue weighted by Crippen LogP contribution is -2.41. The lowest BCUT2D eigenvalue weighted by molar-refractivity contribution is -0.118. The van der Waals surface area contributed by atoms with Gasteiger partial charge in [-0.05, 0) is 43.6 Å². The van der Waals surface area contributed by atoms with Crippen LogP contribution in [0.25, 0.3) is 0 Å². The third-order valence-electron chi connectivity index (χ3n) is 7.39. The van der Waals surface area contributed by atoms with Crippen LogP contribution in [0.2, 0.25) is 5.02 Å². The summed E-state index contributed by atoms with van der Waals surface area (Å²) in [5.41, 5.74) is 6.31. The van der Waals surface area contributed by atoms with Crippen molar-refractivity contribution in [1.82, 2.24) is 15.0 Å². The van der Waals surface area contributed by atoms with Crippen LogP contribution in [0.1, 0.15) is 44.2 Å². The van der Waals surface area contributed by atoms with Crippen LogP contribution >= 0.6 is 23.4 Å². The fourth-order valence-corrected chi connectivity index (χ4v) is 6.56. The summed E-state index contributed by atoms with van der Waals surface area (Å²) in [7, 11) is 0. The van der Waals surface area contributed by atoms with Crippen LogP contribution in [0.3, 0.4) is 0 Å². The maximum Gasteiger partial charge on any atom is 0.219 e. The molecule has 3 aliphatic heterocycles. The number of hydrogen-bond acceptors (Lipinski definition) is 9. The predicted octanol–water partition coefficient (Wildman–Crippen LogP) is 3.02. The summed E-state index contributed by atoms with van der Waals surface area (Å²) in [6.07, 6.45) is 8.85. The number of pyridine rings is 1. The molecule has 0 aliphatic carbocycles. The smallest absolute Gasteiger partial charge is 0.219 e. The molecule has 3 fully saturated rings. The number of ether oxygens (including phenoxy) is 1. The van der Waals surface area contributed by atoms with Gasteiger partial charge in [-0.1, -0.05) is 23.4 Å². The third kappa shape index (κ3) is 5.21. The second-order valence-electron chi connectivity index (χ2n) is 9.63. The van der Waals surface area contributed by atoms with Gasteiger partial charge in [0, 0.05) is 49.8 Å². The van der Waals surface area contributed by atoms with Gasteiger partial charge in [0.15, 0.2) is 5.82 Å². The van der Waals surface area contributed by atoms with Gasteiger partial charge in [0.25, 0.3) is 0 Å². The van der Waals surface area contributed by atoms with Crippen molar-refractivity contribution in [2.45, 2.75) is 61.1 Å². The van der Waals surface area contributed by atoms with E-state index < -0.39 is 0 Å². The first-order chi connectivity index (χ1) is 17.0. The molecule has 188 valence electrons. The highest BCUT2D eigenvalue weighted by molar-refractivity contribution is 7.99. The zero-order chi connectivity index (χ0) is 24.4. The number of anilines is 2. The summed E-state index contributed by atoms with van der Waals surface area (Å²) >= 11 is 8.16. The zero-order valence-electron chi connectivity index (χ0n) is 19.7. The van der Waals surface area contributed by atoms with Crippen molar-refractivity contribution in [3.8, 4) is 0 Å². The molecule has 1 amide bonds. The largest absolute Gasteiger partial charge is 0.390 e. The molecule has 2 aromatic heterocycles. The first-order valence-corrected chi connectivity index (χ1v) is 13.3. The van der Waals surface area contributed by atoms with E-state index in [1.165, 1.54) is 11.8 Å². The second-order valence-corrected chi connectivity index (χ2v) is 11.1. The number of hydrogen-bond donors (Lipinski definition) is 2. The average molecular weight is 519 g/mol. The Kier molecular flexibility index (Phi) is 7.34. The van der Waals surface area contributed by atoms with E-state index in [1.54, 1.807) is 12.4 Å². The molecule has 3 saturated heterocycles. The molecular weight excluding hydrogens is 488 g/mol. The van der Waals surface area contributed by atoms with E-state index in [-0.39, 0.29) is 25.0 Å². The monoisotopic (exact) mass is 518 g/mol. The summed E-state index contributed by atoms with van der Waals surface area (Å²) in [5, 5.41) is 11.2. The summed E-state index contributed by atoms with van der Waals surface area (Å²) < 4.78 is 5.64. The number of aliphatic hydroxyl groups is 1. The van der Waals surface area contributed by atoms with Crippen molar-refractivity contribution >= 4 is 40.9 Å². The van der Waals surface area contributed by atoms with Gasteiger partial charge in [0.1, 0.15) is 16.5 Å². The van der Waals surface area contributed by atoms with Gasteiger partial charge in [-0.2, -0.15) is 0 Å². The van der Waals surface area contributed by atoms with E-state index in [2.05, 4.69) is 19.8 Å². The molecule has 1 unspecified atom stereocenters. The highest BCUT2D eigenvalue weighted by atomic mass is 35.5. The van der Waals surface area contributed by atoms with Crippen molar-refractivity contribution in [3.63, 3.8) is 0 Å². The molecule has 11 heteroatoms. The summed E-state index contributed by atoms with van der Waals surface area (Å²) in [4.78, 5) is 30.5. The van der Waals surface area contributed by atoms with Gasteiger partial charge in [-0.25, -0.2) is 15.0 Å². The molecule has 3 N–H and O–H groups in total. The fraction of sp³-hybridized carbons (Fsp3) is 0.583. The standard InChI is InChI=1S/C24H31ClN6O3S/c25-21-18(3-7-27-23(21)31-8-1-2-16(31)12-19(26)33)35-20-13-28-22(17(14-32)29-20)30-9-4-24(5-10-30)6-11-34-15-24/h3,7,13,16,32H,1-2,4-6,8-12,14-15H2,(H2,26,33). The third-order valence-corrected chi connectivity index (χ3v) is 8.85. The molecule has 1 atom stereocenters. The van der Waals surface area contributed by atoms with E-state index in [0.29, 0.717) is 27.0 Å². The number of piperidine rings is 1. The van der Waals surface area contributed by atoms with Gasteiger partial charge < -0.3 is 25.4 Å². The number of primary amides is 1. The van der Waals surface area contributed by atoms with Crippen molar-refractivity contribution in [2.75, 3.05) is 42.6 Å². The molecule has 5 rings (SSSR count). The van der Waals surface area contributed by atoms with Gasteiger partial charge in [-0.15, -0.1) is 0 Å². The van der Waals surface area contributed by atoms with E-state index in [0.717, 1.165) is 75.7 Å². The Hall–Kier alpha value is -2.14. The van der Waals surface area contributed by atoms with Gasteiger partial charge >= 0.3 is 0 Å². The minimum Gasteiger partial charge on any atom is -0.390 e. The maximum atomic E-state index is 11.5. The number of nitrogens with zero attached hydrogens (tertiary/aromatic N) is 5. The Labute approximate surface area is 214 Å². The lowest BCUT2D eigenvalue weighted by Gasteiger charge is -2.39. The van der Waals surface area contributed by atoms with Crippen molar-refractivity contribution in [2.24, 2.45) is 11.1 Å². The Morgan fingerprint density at radius 1 is 1.26 bits per heavy atom. The molecule has 0 aromatic carbocycles. The van der Waals surface area contributed by atoms with E-state index in [1.807, 2.05) is 6.07 Å². The minimum atomic E-state index is -0.323. The lowest BCUT2D eigenvalue weighted by atomic mass is 9.78. The molecule has 0 bridgehead atoms. The molecule has 5 heterocycles. The Morgan fingerprint density at radius 2 is 2.09 bits per heavy atom.